The second-order valence-corrected chi connectivity index (χ2v) is 10.0. The number of esters is 4. The normalized spacial score (nSPS) is 11.1. The number of aromatic amines is 2. The van der Waals surface area contributed by atoms with Crippen molar-refractivity contribution < 1.29 is 82.0 Å². The highest BCUT2D eigenvalue weighted by atomic mass is 19.2. The summed E-state index contributed by atoms with van der Waals surface area (Å²) in [4.78, 5) is 57.7. The Hall–Kier alpha value is -5.82. The van der Waals surface area contributed by atoms with E-state index in [1.54, 1.807) is 0 Å². The van der Waals surface area contributed by atoms with Crippen LogP contribution in [0.15, 0.2) is 0 Å². The molecule has 0 aliphatic carbocycles. The fourth-order valence-corrected chi connectivity index (χ4v) is 5.05. The molecular formula is C32H22F10N2O8. The first kappa shape index (κ1) is 39.0. The molecule has 0 bridgehead atoms. The summed E-state index contributed by atoms with van der Waals surface area (Å²) in [6.07, 6.45) is 0. The summed E-state index contributed by atoms with van der Waals surface area (Å²) < 4.78 is 167. The van der Waals surface area contributed by atoms with Crippen molar-refractivity contribution in [3.05, 3.63) is 80.7 Å². The van der Waals surface area contributed by atoms with Crippen LogP contribution in [0.1, 0.15) is 69.4 Å². The number of H-pyrrole nitrogens is 2. The van der Waals surface area contributed by atoms with E-state index in [0.29, 0.717) is 0 Å². The molecule has 278 valence electrons. The summed E-state index contributed by atoms with van der Waals surface area (Å²) in [5, 5.41) is 0. The van der Waals surface area contributed by atoms with E-state index >= 15 is 17.6 Å². The van der Waals surface area contributed by atoms with E-state index in [0.717, 1.165) is 0 Å². The highest BCUT2D eigenvalue weighted by Crippen LogP contribution is 2.45. The Morgan fingerprint density at radius 2 is 0.615 bits per heavy atom. The first-order valence-electron chi connectivity index (χ1n) is 14.8. The number of rotatable bonds is 11. The summed E-state index contributed by atoms with van der Waals surface area (Å²) in [5.41, 5.74) is -14.0. The molecule has 4 rings (SSSR count). The number of carbonyl (C=O) groups is 4. The van der Waals surface area contributed by atoms with Gasteiger partial charge in [-0.3, -0.25) is 0 Å². The maximum Gasteiger partial charge on any atom is 0.355 e. The first-order valence-corrected chi connectivity index (χ1v) is 14.8. The van der Waals surface area contributed by atoms with Crippen molar-refractivity contribution in [2.24, 2.45) is 0 Å². The van der Waals surface area contributed by atoms with Gasteiger partial charge in [0.05, 0.1) is 60.1 Å². The largest absolute Gasteiger partial charge is 0.462 e. The van der Waals surface area contributed by atoms with E-state index in [9.17, 15) is 45.5 Å². The second-order valence-electron chi connectivity index (χ2n) is 10.0. The zero-order valence-corrected chi connectivity index (χ0v) is 26.9. The van der Waals surface area contributed by atoms with Crippen LogP contribution in [0.5, 0.6) is 0 Å². The third-order valence-electron chi connectivity index (χ3n) is 7.09. The summed E-state index contributed by atoms with van der Waals surface area (Å²) in [5.74, 6) is -32.6. The van der Waals surface area contributed by atoms with Crippen molar-refractivity contribution >= 4 is 23.9 Å². The van der Waals surface area contributed by atoms with Gasteiger partial charge in [-0.15, -0.1) is 0 Å². The highest BCUT2D eigenvalue weighted by Gasteiger charge is 2.41. The van der Waals surface area contributed by atoms with Crippen LogP contribution in [0.4, 0.5) is 43.9 Å². The van der Waals surface area contributed by atoms with Crippen LogP contribution >= 0.6 is 0 Å². The number of aromatic nitrogens is 2. The van der Waals surface area contributed by atoms with Crippen molar-refractivity contribution in [3.63, 3.8) is 0 Å². The van der Waals surface area contributed by atoms with E-state index in [1.165, 1.54) is 27.7 Å². The van der Waals surface area contributed by atoms with Gasteiger partial charge in [-0.25, -0.2) is 63.1 Å². The number of hydrogen-bond acceptors (Lipinski definition) is 8. The lowest BCUT2D eigenvalue weighted by Crippen LogP contribution is -2.13. The molecule has 52 heavy (non-hydrogen) atoms. The molecular weight excluding hydrogens is 730 g/mol. The van der Waals surface area contributed by atoms with Gasteiger partial charge >= 0.3 is 23.9 Å². The number of hydrogen-bond donors (Lipinski definition) is 2. The molecule has 2 N–H and O–H groups in total. The SMILES string of the molecule is CCOC(=O)c1[nH]c(-c2[nH]c(C(=O)OCC)c(-c3c(F)c(F)c(F)c(F)c3F)c2C(=O)OCC)c(C(=O)OCC)c1-c1c(F)c(F)c(F)c(F)c1F. The smallest absolute Gasteiger partial charge is 0.355 e. The monoisotopic (exact) mass is 752 g/mol. The molecule has 2 aromatic heterocycles. The predicted octanol–water partition coefficient (Wildman–Crippen LogP) is 7.44. The molecule has 0 radical (unpaired) electrons. The van der Waals surface area contributed by atoms with Crippen LogP contribution in [0.25, 0.3) is 33.6 Å². The van der Waals surface area contributed by atoms with E-state index in [4.69, 9.17) is 18.9 Å². The van der Waals surface area contributed by atoms with Crippen molar-refractivity contribution in [3.8, 4) is 33.6 Å². The molecule has 0 saturated heterocycles. The fourth-order valence-electron chi connectivity index (χ4n) is 5.05. The highest BCUT2D eigenvalue weighted by molar-refractivity contribution is 6.15. The molecule has 2 heterocycles. The van der Waals surface area contributed by atoms with Gasteiger partial charge in [0.25, 0.3) is 0 Å². The lowest BCUT2D eigenvalue weighted by Gasteiger charge is -2.13. The zero-order chi connectivity index (χ0) is 38.9. The van der Waals surface area contributed by atoms with Gasteiger partial charge in [0, 0.05) is 11.1 Å². The average Bonchev–Trinajstić information content (AvgIpc) is 3.69. The van der Waals surface area contributed by atoms with Gasteiger partial charge in [-0.1, -0.05) is 0 Å². The van der Waals surface area contributed by atoms with E-state index in [1.807, 2.05) is 0 Å². The van der Waals surface area contributed by atoms with Gasteiger partial charge in [-0.2, -0.15) is 0 Å². The van der Waals surface area contributed by atoms with Crippen LogP contribution < -0.4 is 0 Å². The number of ether oxygens (including phenoxy) is 4. The van der Waals surface area contributed by atoms with Gasteiger partial charge in [-0.05, 0) is 27.7 Å². The van der Waals surface area contributed by atoms with Crippen LogP contribution in [0.2, 0.25) is 0 Å². The Labute approximate surface area is 284 Å². The second kappa shape index (κ2) is 15.2. The minimum Gasteiger partial charge on any atom is -0.462 e. The Bertz CT molecular complexity index is 1940. The molecule has 20 heteroatoms. The standard InChI is InChI=1S/C32H22F10N2O8/c1-5-49-29(45)13-9(11-15(33)19(37)23(41)20(38)16(11)34)27(31(47)51-7-3)43-25(13)26-14(30(46)50-6-2)10(28(44-26)32(48)52-8-4)12-17(35)21(39)24(42)22(40)18(12)36/h43-44H,5-8H2,1-4H3. The maximum absolute atomic E-state index is 15.4. The average molecular weight is 753 g/mol. The molecule has 0 amide bonds. The van der Waals surface area contributed by atoms with Gasteiger partial charge in [0.1, 0.15) is 11.4 Å². The number of nitrogens with one attached hydrogen (secondary N) is 2. The van der Waals surface area contributed by atoms with Gasteiger partial charge in [0.2, 0.25) is 11.6 Å². The quantitative estimate of drug-likeness (QED) is 0.0531. The van der Waals surface area contributed by atoms with E-state index in [-0.39, 0.29) is 0 Å². The summed E-state index contributed by atoms with van der Waals surface area (Å²) in [7, 11) is 0. The van der Waals surface area contributed by atoms with Crippen LogP contribution in [-0.2, 0) is 18.9 Å². The molecule has 0 atom stereocenters. The summed E-state index contributed by atoms with van der Waals surface area (Å²) in [6.45, 7) is 2.65. The van der Waals surface area contributed by atoms with Crippen LogP contribution in [0, 0.1) is 58.2 Å². The Morgan fingerprint density at radius 3 is 0.865 bits per heavy atom. The Balaban J connectivity index is 2.37. The number of carbonyl (C=O) groups excluding carboxylic acids is 4. The van der Waals surface area contributed by atoms with E-state index < -0.39 is 165 Å². The maximum atomic E-state index is 15.4. The Kier molecular flexibility index (Phi) is 11.4. The minimum absolute atomic E-state index is 0.507. The molecule has 0 saturated carbocycles. The van der Waals surface area contributed by atoms with Gasteiger partial charge < -0.3 is 28.9 Å². The topological polar surface area (TPSA) is 137 Å². The van der Waals surface area contributed by atoms with Crippen molar-refractivity contribution in [2.45, 2.75) is 27.7 Å². The van der Waals surface area contributed by atoms with Gasteiger partial charge in [0.15, 0.2) is 46.5 Å². The zero-order valence-electron chi connectivity index (χ0n) is 26.9. The van der Waals surface area contributed by atoms with Crippen molar-refractivity contribution in [1.29, 1.82) is 0 Å². The molecule has 4 aromatic rings. The summed E-state index contributed by atoms with van der Waals surface area (Å²) in [6, 6.07) is 0. The molecule has 0 aliphatic heterocycles. The number of benzene rings is 2. The molecule has 0 aliphatic rings. The lowest BCUT2D eigenvalue weighted by atomic mass is 9.94. The third-order valence-corrected chi connectivity index (χ3v) is 7.09. The molecule has 10 nitrogen and oxygen atoms in total. The molecule has 0 unspecified atom stereocenters. The first-order chi connectivity index (χ1) is 24.5. The lowest BCUT2D eigenvalue weighted by molar-refractivity contribution is 0.0508. The third kappa shape index (κ3) is 6.32. The molecule has 2 aromatic carbocycles. The van der Waals surface area contributed by atoms with Crippen molar-refractivity contribution in [1.82, 2.24) is 9.97 Å². The predicted molar refractivity (Wildman–Crippen MR) is 155 cm³/mol. The van der Waals surface area contributed by atoms with Crippen molar-refractivity contribution in [2.75, 3.05) is 26.4 Å². The molecule has 0 fully saturated rings. The number of halogens is 10. The van der Waals surface area contributed by atoms with Crippen LogP contribution in [-0.4, -0.2) is 60.3 Å². The molecule has 0 spiro atoms. The Morgan fingerprint density at radius 1 is 0.385 bits per heavy atom. The minimum atomic E-state index is -2.65. The fraction of sp³-hybridized carbons (Fsp3) is 0.250. The van der Waals surface area contributed by atoms with Crippen LogP contribution in [0.3, 0.4) is 0 Å². The summed E-state index contributed by atoms with van der Waals surface area (Å²) >= 11 is 0. The van der Waals surface area contributed by atoms with E-state index in [2.05, 4.69) is 9.97 Å².